The van der Waals surface area contributed by atoms with E-state index in [1.807, 2.05) is 0 Å². The molecule has 1 aromatic carbocycles. The summed E-state index contributed by atoms with van der Waals surface area (Å²) in [5, 5.41) is 6.67. The highest BCUT2D eigenvalue weighted by atomic mass is 127. The zero-order valence-electron chi connectivity index (χ0n) is 12.6. The molecule has 0 spiro atoms. The van der Waals surface area contributed by atoms with Gasteiger partial charge in [-0.15, -0.1) is 24.0 Å². The average Bonchev–Trinajstić information content (AvgIpc) is 3.13. The molecular weight excluding hydrogens is 462 g/mol. The molecule has 0 heterocycles. The quantitative estimate of drug-likeness (QED) is 0.376. The van der Waals surface area contributed by atoms with Crippen LogP contribution in [0, 0.1) is 5.92 Å². The van der Waals surface area contributed by atoms with Crippen LogP contribution in [0.1, 0.15) is 18.9 Å². The summed E-state index contributed by atoms with van der Waals surface area (Å²) in [4.78, 5) is 4.09. The van der Waals surface area contributed by atoms with Gasteiger partial charge in [0.1, 0.15) is 5.75 Å². The third-order valence-electron chi connectivity index (χ3n) is 3.39. The number of nitrogens with one attached hydrogen (secondary N) is 2. The minimum Gasteiger partial charge on any atom is -0.433 e. The molecule has 1 aliphatic carbocycles. The van der Waals surface area contributed by atoms with Crippen molar-refractivity contribution in [1.29, 1.82) is 0 Å². The van der Waals surface area contributed by atoms with E-state index in [1.165, 1.54) is 12.1 Å². The second-order valence-corrected chi connectivity index (χ2v) is 5.99. The molecule has 0 radical (unpaired) electrons. The fourth-order valence-electron chi connectivity index (χ4n) is 2.04. The number of aliphatic imine (C=N–C) groups is 1. The Morgan fingerprint density at radius 3 is 2.61 bits per heavy atom. The van der Waals surface area contributed by atoms with Crippen LogP contribution < -0.4 is 15.4 Å². The lowest BCUT2D eigenvalue weighted by molar-refractivity contribution is -0.0504. The summed E-state index contributed by atoms with van der Waals surface area (Å²) in [5.74, 6) is 1.12. The van der Waals surface area contributed by atoms with Crippen molar-refractivity contribution in [3.63, 3.8) is 0 Å². The van der Waals surface area contributed by atoms with Crippen LogP contribution in [0.3, 0.4) is 0 Å². The lowest BCUT2D eigenvalue weighted by atomic mass is 10.2. The van der Waals surface area contributed by atoms with E-state index in [9.17, 15) is 8.78 Å². The number of benzene rings is 1. The number of hydrogen-bond donors (Lipinski definition) is 2. The van der Waals surface area contributed by atoms with E-state index in [0.717, 1.165) is 6.42 Å². The van der Waals surface area contributed by atoms with E-state index in [0.29, 0.717) is 28.5 Å². The van der Waals surface area contributed by atoms with Gasteiger partial charge in [-0.05, 0) is 24.5 Å². The van der Waals surface area contributed by atoms with Gasteiger partial charge in [0.2, 0.25) is 0 Å². The van der Waals surface area contributed by atoms with Crippen molar-refractivity contribution in [2.45, 2.75) is 32.5 Å². The molecule has 0 aromatic heterocycles. The van der Waals surface area contributed by atoms with Gasteiger partial charge in [0.15, 0.2) is 5.96 Å². The summed E-state index contributed by atoms with van der Waals surface area (Å²) in [5.41, 5.74) is 0.435. The van der Waals surface area contributed by atoms with Gasteiger partial charge in [-0.25, -0.2) is 0 Å². The minimum absolute atomic E-state index is 0. The normalized spacial score (nSPS) is 20.0. The Labute approximate surface area is 161 Å². The first-order valence-electron chi connectivity index (χ1n) is 6.80. The van der Waals surface area contributed by atoms with Gasteiger partial charge in [-0.2, -0.15) is 8.78 Å². The number of halogens is 5. The minimum atomic E-state index is -2.96. The molecule has 0 bridgehead atoms. The summed E-state index contributed by atoms with van der Waals surface area (Å²) < 4.78 is 29.5. The molecular formula is C14H18Cl2F2IN3O. The van der Waals surface area contributed by atoms with Gasteiger partial charge in [0, 0.05) is 30.2 Å². The van der Waals surface area contributed by atoms with Crippen molar-refractivity contribution < 1.29 is 13.5 Å². The molecule has 2 unspecified atom stereocenters. The van der Waals surface area contributed by atoms with E-state index in [1.54, 1.807) is 7.05 Å². The highest BCUT2D eigenvalue weighted by Gasteiger charge is 2.33. The van der Waals surface area contributed by atoms with Gasteiger partial charge < -0.3 is 15.4 Å². The Hall–Kier alpha value is -0.540. The molecule has 1 aliphatic rings. The SMILES string of the molecule is CN=C(NCc1cc(Cl)cc(Cl)c1OC(F)F)NC1CC1C.I. The molecule has 9 heteroatoms. The van der Waals surface area contributed by atoms with Crippen LogP contribution in [0.4, 0.5) is 8.78 Å². The fraction of sp³-hybridized carbons (Fsp3) is 0.500. The largest absolute Gasteiger partial charge is 0.433 e. The third-order valence-corrected chi connectivity index (χ3v) is 3.89. The standard InChI is InChI=1S/C14H17Cl2F2N3O.HI/c1-7-3-11(7)21-14(19-2)20-6-8-4-9(15)5-10(16)12(8)22-13(17)18;/h4-5,7,11,13H,3,6H2,1-2H3,(H2,19,20,21);1H. The highest BCUT2D eigenvalue weighted by molar-refractivity contribution is 14.0. The molecule has 2 atom stereocenters. The average molecular weight is 480 g/mol. The first-order chi connectivity index (χ1) is 10.4. The van der Waals surface area contributed by atoms with Crippen molar-refractivity contribution in [2.24, 2.45) is 10.9 Å². The van der Waals surface area contributed by atoms with Crippen molar-refractivity contribution in [3.05, 3.63) is 27.7 Å². The van der Waals surface area contributed by atoms with Crippen LogP contribution in [0.5, 0.6) is 5.75 Å². The molecule has 1 fully saturated rings. The van der Waals surface area contributed by atoms with Crippen LogP contribution in [-0.2, 0) is 6.54 Å². The van der Waals surface area contributed by atoms with E-state index >= 15 is 0 Å². The van der Waals surface area contributed by atoms with Crippen LogP contribution in [-0.4, -0.2) is 25.7 Å². The number of alkyl halides is 2. The van der Waals surface area contributed by atoms with Gasteiger partial charge in [-0.1, -0.05) is 30.1 Å². The van der Waals surface area contributed by atoms with Crippen LogP contribution >= 0.6 is 47.2 Å². The lowest BCUT2D eigenvalue weighted by Crippen LogP contribution is -2.38. The maximum Gasteiger partial charge on any atom is 0.387 e. The summed E-state index contributed by atoms with van der Waals surface area (Å²) in [6.07, 6.45) is 1.09. The molecule has 4 nitrogen and oxygen atoms in total. The van der Waals surface area contributed by atoms with E-state index < -0.39 is 6.61 Å². The van der Waals surface area contributed by atoms with E-state index in [4.69, 9.17) is 23.2 Å². The van der Waals surface area contributed by atoms with Gasteiger partial charge in [-0.3, -0.25) is 4.99 Å². The Morgan fingerprint density at radius 1 is 1.43 bits per heavy atom. The molecule has 0 amide bonds. The molecule has 2 N–H and O–H groups in total. The first kappa shape index (κ1) is 20.5. The van der Waals surface area contributed by atoms with E-state index in [2.05, 4.69) is 27.3 Å². The number of guanidine groups is 1. The maximum absolute atomic E-state index is 12.5. The number of nitrogens with zero attached hydrogens (tertiary/aromatic N) is 1. The van der Waals surface area contributed by atoms with Gasteiger partial charge >= 0.3 is 6.61 Å². The predicted molar refractivity (Wildman–Crippen MR) is 99.4 cm³/mol. The van der Waals surface area contributed by atoms with Crippen LogP contribution in [0.15, 0.2) is 17.1 Å². The summed E-state index contributed by atoms with van der Waals surface area (Å²) in [7, 11) is 1.64. The number of hydrogen-bond acceptors (Lipinski definition) is 2. The molecule has 0 aliphatic heterocycles. The Balaban J connectivity index is 0.00000264. The highest BCUT2D eigenvalue weighted by Crippen LogP contribution is 2.33. The zero-order valence-corrected chi connectivity index (χ0v) is 16.4. The van der Waals surface area contributed by atoms with Crippen LogP contribution in [0.25, 0.3) is 0 Å². The van der Waals surface area contributed by atoms with Gasteiger partial charge in [0.05, 0.1) is 5.02 Å². The Bertz CT molecular complexity index is 575. The van der Waals surface area contributed by atoms with Crippen molar-refractivity contribution in [2.75, 3.05) is 7.05 Å². The molecule has 130 valence electrons. The Morgan fingerprint density at radius 2 is 2.09 bits per heavy atom. The second-order valence-electron chi connectivity index (χ2n) is 5.14. The predicted octanol–water partition coefficient (Wildman–Crippen LogP) is 4.29. The van der Waals surface area contributed by atoms with Crippen molar-refractivity contribution in [3.8, 4) is 5.75 Å². The van der Waals surface area contributed by atoms with Gasteiger partial charge in [0.25, 0.3) is 0 Å². The lowest BCUT2D eigenvalue weighted by Gasteiger charge is -2.16. The number of ether oxygens (including phenoxy) is 1. The molecule has 1 saturated carbocycles. The third kappa shape index (κ3) is 6.11. The molecule has 0 saturated heterocycles. The first-order valence-corrected chi connectivity index (χ1v) is 7.56. The topological polar surface area (TPSA) is 45.7 Å². The fourth-order valence-corrected chi connectivity index (χ4v) is 2.62. The smallest absolute Gasteiger partial charge is 0.387 e. The second kappa shape index (κ2) is 9.08. The van der Waals surface area contributed by atoms with Crippen LogP contribution in [0.2, 0.25) is 10.0 Å². The monoisotopic (exact) mass is 479 g/mol. The molecule has 2 rings (SSSR count). The summed E-state index contributed by atoms with van der Waals surface area (Å²) in [6, 6.07) is 3.29. The maximum atomic E-state index is 12.5. The Kier molecular flexibility index (Phi) is 8.09. The van der Waals surface area contributed by atoms with Crippen molar-refractivity contribution in [1.82, 2.24) is 10.6 Å². The zero-order chi connectivity index (χ0) is 16.3. The molecule has 23 heavy (non-hydrogen) atoms. The van der Waals surface area contributed by atoms with E-state index in [-0.39, 0.29) is 41.3 Å². The summed E-state index contributed by atoms with van der Waals surface area (Å²) >= 11 is 11.8. The van der Waals surface area contributed by atoms with Crippen molar-refractivity contribution >= 4 is 53.1 Å². The molecule has 1 aromatic rings. The number of rotatable bonds is 5. The summed E-state index contributed by atoms with van der Waals surface area (Å²) in [6.45, 7) is -0.610.